The van der Waals surface area contributed by atoms with Gasteiger partial charge in [-0.3, -0.25) is 13.9 Å². The number of amides is 2. The Bertz CT molecular complexity index is 1730. The molecule has 0 aliphatic heterocycles. The summed E-state index contributed by atoms with van der Waals surface area (Å²) < 4.78 is 35.1. The smallest absolute Gasteiger partial charge is 0.264 e. The molecule has 0 bridgehead atoms. The first kappa shape index (κ1) is 35.5. The highest BCUT2D eigenvalue weighted by molar-refractivity contribution is 7.92. The van der Waals surface area contributed by atoms with Crippen LogP contribution >= 0.6 is 11.6 Å². The first-order valence-corrected chi connectivity index (χ1v) is 17.5. The van der Waals surface area contributed by atoms with Gasteiger partial charge in [0.2, 0.25) is 11.8 Å². The summed E-state index contributed by atoms with van der Waals surface area (Å²) in [4.78, 5) is 30.0. The maximum absolute atomic E-state index is 14.6. The fourth-order valence-electron chi connectivity index (χ4n) is 5.05. The van der Waals surface area contributed by atoms with Crippen LogP contribution in [0.4, 0.5) is 5.69 Å². The number of halogens is 1. The number of hydrogen-bond donors (Lipinski definition) is 1. The molecule has 0 saturated carbocycles. The van der Waals surface area contributed by atoms with Crippen LogP contribution in [0.1, 0.15) is 37.5 Å². The average Bonchev–Trinajstić information content (AvgIpc) is 3.05. The van der Waals surface area contributed by atoms with Crippen LogP contribution in [0, 0.1) is 12.8 Å². The van der Waals surface area contributed by atoms with E-state index in [4.69, 9.17) is 16.3 Å². The largest absolute Gasteiger partial charge is 0.494 e. The van der Waals surface area contributed by atoms with Crippen molar-refractivity contribution in [3.63, 3.8) is 0 Å². The Balaban J connectivity index is 1.80. The van der Waals surface area contributed by atoms with Crippen LogP contribution in [0.25, 0.3) is 0 Å². The van der Waals surface area contributed by atoms with Crippen LogP contribution in [0.5, 0.6) is 5.75 Å². The number of rotatable bonds is 15. The van der Waals surface area contributed by atoms with Crippen molar-refractivity contribution in [1.29, 1.82) is 0 Å². The van der Waals surface area contributed by atoms with E-state index < -0.39 is 28.5 Å². The van der Waals surface area contributed by atoms with E-state index in [2.05, 4.69) is 5.32 Å². The lowest BCUT2D eigenvalue weighted by molar-refractivity contribution is -0.140. The summed E-state index contributed by atoms with van der Waals surface area (Å²) in [6.07, 6.45) is 0.227. The molecule has 0 aliphatic rings. The summed E-state index contributed by atoms with van der Waals surface area (Å²) >= 11 is 6.32. The van der Waals surface area contributed by atoms with Gasteiger partial charge >= 0.3 is 0 Å². The van der Waals surface area contributed by atoms with Gasteiger partial charge in [-0.1, -0.05) is 85.6 Å². The zero-order chi connectivity index (χ0) is 34.0. The Kier molecular flexibility index (Phi) is 12.4. The second-order valence-electron chi connectivity index (χ2n) is 11.7. The minimum Gasteiger partial charge on any atom is -0.494 e. The third-order valence-corrected chi connectivity index (χ3v) is 9.54. The molecule has 0 heterocycles. The predicted octanol–water partition coefficient (Wildman–Crippen LogP) is 6.65. The Morgan fingerprint density at radius 3 is 2.15 bits per heavy atom. The minimum absolute atomic E-state index is 0.0354. The van der Waals surface area contributed by atoms with Crippen LogP contribution in [0.15, 0.2) is 108 Å². The summed E-state index contributed by atoms with van der Waals surface area (Å²) in [5, 5.41) is 3.48. The van der Waals surface area contributed by atoms with Crippen LogP contribution < -0.4 is 14.4 Å². The van der Waals surface area contributed by atoms with Crippen LogP contribution in [-0.4, -0.2) is 50.9 Å². The van der Waals surface area contributed by atoms with E-state index in [9.17, 15) is 18.0 Å². The van der Waals surface area contributed by atoms with Crippen molar-refractivity contribution in [2.24, 2.45) is 5.92 Å². The summed E-state index contributed by atoms with van der Waals surface area (Å²) in [5.74, 6) is -0.118. The molecule has 4 aromatic rings. The van der Waals surface area contributed by atoms with Gasteiger partial charge in [-0.05, 0) is 79.4 Å². The fourth-order valence-corrected chi connectivity index (χ4v) is 6.68. The molecule has 0 saturated heterocycles. The molecular formula is C37H42ClN3O5S. The molecule has 47 heavy (non-hydrogen) atoms. The van der Waals surface area contributed by atoms with Gasteiger partial charge in [-0.2, -0.15) is 0 Å². The zero-order valence-electron chi connectivity index (χ0n) is 27.2. The minimum atomic E-state index is -4.21. The first-order chi connectivity index (χ1) is 22.5. The molecular weight excluding hydrogens is 634 g/mol. The van der Waals surface area contributed by atoms with Crippen LogP contribution in [0.2, 0.25) is 5.02 Å². The number of sulfonamides is 1. The highest BCUT2D eigenvalue weighted by atomic mass is 35.5. The summed E-state index contributed by atoms with van der Waals surface area (Å²) in [7, 11) is -4.21. The molecule has 1 N–H and O–H groups in total. The Morgan fingerprint density at radius 2 is 1.53 bits per heavy atom. The SMILES string of the molecule is CCOc1ccc(N(CC(=O)N(Cc2cccc(Cl)c2)C(Cc2ccccc2)C(=O)NCC(C)C)S(=O)(=O)c2ccc(C)cc2)cc1. The van der Waals surface area contributed by atoms with Gasteiger partial charge in [-0.15, -0.1) is 0 Å². The van der Waals surface area contributed by atoms with Gasteiger partial charge in [0, 0.05) is 24.5 Å². The van der Waals surface area contributed by atoms with Crippen molar-refractivity contribution in [2.45, 2.75) is 51.6 Å². The third kappa shape index (κ3) is 9.83. The van der Waals surface area contributed by atoms with Crippen molar-refractivity contribution in [3.05, 3.63) is 125 Å². The van der Waals surface area contributed by atoms with Gasteiger partial charge in [0.25, 0.3) is 10.0 Å². The second kappa shape index (κ2) is 16.5. The molecule has 4 aromatic carbocycles. The van der Waals surface area contributed by atoms with Gasteiger partial charge in [0.15, 0.2) is 0 Å². The molecule has 0 fully saturated rings. The van der Waals surface area contributed by atoms with Crippen molar-refractivity contribution in [1.82, 2.24) is 10.2 Å². The topological polar surface area (TPSA) is 96.0 Å². The van der Waals surface area contributed by atoms with E-state index in [-0.39, 0.29) is 35.4 Å². The Morgan fingerprint density at radius 1 is 0.872 bits per heavy atom. The van der Waals surface area contributed by atoms with Gasteiger partial charge in [-0.25, -0.2) is 8.42 Å². The molecule has 1 unspecified atom stereocenters. The van der Waals surface area contributed by atoms with E-state index in [0.29, 0.717) is 29.5 Å². The molecule has 4 rings (SSSR count). The molecule has 0 aromatic heterocycles. The third-order valence-electron chi connectivity index (χ3n) is 7.52. The van der Waals surface area contributed by atoms with Crippen LogP contribution in [0.3, 0.4) is 0 Å². The Hall–Kier alpha value is -4.34. The number of nitrogens with zero attached hydrogens (tertiary/aromatic N) is 2. The standard InChI is InChI=1S/C37H42ClN3O5S/c1-5-46-33-18-16-32(17-19-33)41(47(44,45)34-20-14-28(4)15-21-34)26-36(42)40(25-30-12-9-13-31(38)22-30)35(37(43)39-24-27(2)3)23-29-10-7-6-8-11-29/h6-22,27,35H,5,23-26H2,1-4H3,(H,39,43). The number of anilines is 1. The molecule has 0 spiro atoms. The van der Waals surface area contributed by atoms with E-state index in [1.54, 1.807) is 54.6 Å². The van der Waals surface area contributed by atoms with Crippen LogP contribution in [-0.2, 0) is 32.6 Å². The molecule has 1 atom stereocenters. The zero-order valence-corrected chi connectivity index (χ0v) is 28.8. The number of benzene rings is 4. The monoisotopic (exact) mass is 675 g/mol. The summed E-state index contributed by atoms with van der Waals surface area (Å²) in [6.45, 7) is 8.07. The number of ether oxygens (including phenoxy) is 1. The lowest BCUT2D eigenvalue weighted by atomic mass is 10.0. The predicted molar refractivity (Wildman–Crippen MR) is 187 cm³/mol. The van der Waals surface area contributed by atoms with E-state index in [1.807, 2.05) is 64.1 Å². The highest BCUT2D eigenvalue weighted by Crippen LogP contribution is 2.27. The van der Waals surface area contributed by atoms with Gasteiger partial charge in [0.1, 0.15) is 18.3 Å². The normalized spacial score (nSPS) is 12.0. The molecule has 0 aliphatic carbocycles. The van der Waals surface area contributed by atoms with Crippen molar-refractivity contribution < 1.29 is 22.7 Å². The number of nitrogens with one attached hydrogen (secondary N) is 1. The van der Waals surface area contributed by atoms with E-state index in [0.717, 1.165) is 15.4 Å². The molecule has 8 nitrogen and oxygen atoms in total. The lowest BCUT2D eigenvalue weighted by Gasteiger charge is -2.34. The second-order valence-corrected chi connectivity index (χ2v) is 14.0. The highest BCUT2D eigenvalue weighted by Gasteiger charge is 2.34. The van der Waals surface area contributed by atoms with Crippen molar-refractivity contribution in [3.8, 4) is 5.75 Å². The maximum atomic E-state index is 14.6. The quantitative estimate of drug-likeness (QED) is 0.152. The van der Waals surface area contributed by atoms with Gasteiger partial charge < -0.3 is 15.0 Å². The number of carbonyl (C=O) groups is 2. The van der Waals surface area contributed by atoms with E-state index in [1.165, 1.54) is 17.0 Å². The number of carbonyl (C=O) groups excluding carboxylic acids is 2. The summed E-state index contributed by atoms with van der Waals surface area (Å²) in [5.41, 5.74) is 2.75. The summed E-state index contributed by atoms with van der Waals surface area (Å²) in [6, 6.07) is 28.6. The Labute approximate surface area is 283 Å². The van der Waals surface area contributed by atoms with Crippen molar-refractivity contribution in [2.75, 3.05) is 24.0 Å². The number of hydrogen-bond acceptors (Lipinski definition) is 5. The van der Waals surface area contributed by atoms with Crippen molar-refractivity contribution >= 4 is 39.1 Å². The number of aryl methyl sites for hydroxylation is 1. The first-order valence-electron chi connectivity index (χ1n) is 15.7. The average molecular weight is 676 g/mol. The molecule has 2 amide bonds. The fraction of sp³-hybridized carbons (Fsp3) is 0.297. The maximum Gasteiger partial charge on any atom is 0.264 e. The molecule has 10 heteroatoms. The van der Waals surface area contributed by atoms with Gasteiger partial charge in [0.05, 0.1) is 17.2 Å². The molecule has 0 radical (unpaired) electrons. The lowest BCUT2D eigenvalue weighted by Crippen LogP contribution is -2.53. The molecule has 248 valence electrons. The van der Waals surface area contributed by atoms with E-state index >= 15 is 0 Å².